The Kier molecular flexibility index (Phi) is 6.36. The molecule has 4 nitrogen and oxygen atoms in total. The molecule has 0 bridgehead atoms. The summed E-state index contributed by atoms with van der Waals surface area (Å²) in [7, 11) is 0. The summed E-state index contributed by atoms with van der Waals surface area (Å²) in [4.78, 5) is 12.0. The van der Waals surface area contributed by atoms with Gasteiger partial charge in [0.15, 0.2) is 0 Å². The first-order valence-electron chi connectivity index (χ1n) is 8.85. The van der Waals surface area contributed by atoms with Crippen molar-refractivity contribution in [1.82, 2.24) is 5.43 Å². The van der Waals surface area contributed by atoms with Crippen LogP contribution in [0.4, 0.5) is 0 Å². The van der Waals surface area contributed by atoms with Gasteiger partial charge in [-0.3, -0.25) is 4.79 Å². The van der Waals surface area contributed by atoms with Crippen molar-refractivity contribution in [3.63, 3.8) is 0 Å². The van der Waals surface area contributed by atoms with Crippen molar-refractivity contribution < 1.29 is 9.53 Å². The van der Waals surface area contributed by atoms with E-state index in [1.165, 1.54) is 0 Å². The monoisotopic (exact) mass is 358 g/mol. The standard InChI is InChI=1S/C23H22N2O2/c1-18(24-25-23(26)16-19-8-4-2-5-9-19)21-12-14-22(15-13-21)27-17-20-10-6-3-7-11-20/h2-15H,16-17H2,1H3,(H,25,26). The predicted molar refractivity (Wildman–Crippen MR) is 108 cm³/mol. The predicted octanol–water partition coefficient (Wildman–Crippen LogP) is 4.35. The number of benzene rings is 3. The zero-order valence-corrected chi connectivity index (χ0v) is 15.3. The van der Waals surface area contributed by atoms with Crippen LogP contribution in [0.2, 0.25) is 0 Å². The lowest BCUT2D eigenvalue weighted by molar-refractivity contribution is -0.120. The van der Waals surface area contributed by atoms with E-state index in [9.17, 15) is 4.79 Å². The van der Waals surface area contributed by atoms with Gasteiger partial charge in [-0.15, -0.1) is 0 Å². The maximum absolute atomic E-state index is 12.0. The smallest absolute Gasteiger partial charge is 0.244 e. The number of nitrogens with one attached hydrogen (secondary N) is 1. The number of amides is 1. The number of carbonyl (C=O) groups is 1. The number of rotatable bonds is 7. The van der Waals surface area contributed by atoms with Crippen LogP contribution in [-0.4, -0.2) is 11.6 Å². The average Bonchev–Trinajstić information content (AvgIpc) is 2.72. The van der Waals surface area contributed by atoms with Gasteiger partial charge >= 0.3 is 0 Å². The van der Waals surface area contributed by atoms with Gasteiger partial charge < -0.3 is 4.74 Å². The SMILES string of the molecule is CC(=NNC(=O)Cc1ccccc1)c1ccc(OCc2ccccc2)cc1. The Labute approximate surface area is 159 Å². The summed E-state index contributed by atoms with van der Waals surface area (Å²) in [6.45, 7) is 2.39. The molecule has 3 rings (SSSR count). The van der Waals surface area contributed by atoms with E-state index in [2.05, 4.69) is 10.5 Å². The van der Waals surface area contributed by atoms with E-state index in [1.807, 2.05) is 91.9 Å². The third-order valence-corrected chi connectivity index (χ3v) is 4.08. The lowest BCUT2D eigenvalue weighted by Crippen LogP contribution is -2.21. The number of hydrazone groups is 1. The van der Waals surface area contributed by atoms with Crippen LogP contribution >= 0.6 is 0 Å². The van der Waals surface area contributed by atoms with E-state index >= 15 is 0 Å². The maximum atomic E-state index is 12.0. The fraction of sp³-hybridized carbons (Fsp3) is 0.130. The highest BCUT2D eigenvalue weighted by atomic mass is 16.5. The summed E-state index contributed by atoms with van der Waals surface area (Å²) in [5.41, 5.74) is 6.37. The molecule has 1 amide bonds. The van der Waals surface area contributed by atoms with Crippen LogP contribution in [-0.2, 0) is 17.8 Å². The van der Waals surface area contributed by atoms with E-state index in [0.29, 0.717) is 13.0 Å². The van der Waals surface area contributed by atoms with Crippen molar-refractivity contribution in [3.05, 3.63) is 102 Å². The normalized spacial score (nSPS) is 11.1. The topological polar surface area (TPSA) is 50.7 Å². The van der Waals surface area contributed by atoms with E-state index in [-0.39, 0.29) is 5.91 Å². The number of ether oxygens (including phenoxy) is 1. The highest BCUT2D eigenvalue weighted by molar-refractivity contribution is 5.99. The highest BCUT2D eigenvalue weighted by Gasteiger charge is 2.03. The molecule has 0 radical (unpaired) electrons. The summed E-state index contributed by atoms with van der Waals surface area (Å²) in [5, 5.41) is 4.19. The van der Waals surface area contributed by atoms with Gasteiger partial charge in [-0.05, 0) is 47.9 Å². The van der Waals surface area contributed by atoms with Gasteiger partial charge in [-0.2, -0.15) is 5.10 Å². The Morgan fingerprint density at radius 3 is 2.07 bits per heavy atom. The molecule has 0 spiro atoms. The minimum Gasteiger partial charge on any atom is -0.489 e. The van der Waals surface area contributed by atoms with Gasteiger partial charge in [0.1, 0.15) is 12.4 Å². The van der Waals surface area contributed by atoms with Crippen LogP contribution < -0.4 is 10.2 Å². The Balaban J connectivity index is 1.52. The van der Waals surface area contributed by atoms with Crippen molar-refractivity contribution >= 4 is 11.6 Å². The van der Waals surface area contributed by atoms with Crippen molar-refractivity contribution in [3.8, 4) is 5.75 Å². The van der Waals surface area contributed by atoms with E-state index < -0.39 is 0 Å². The van der Waals surface area contributed by atoms with Crippen LogP contribution in [0.3, 0.4) is 0 Å². The molecule has 0 atom stereocenters. The number of nitrogens with zero attached hydrogens (tertiary/aromatic N) is 1. The van der Waals surface area contributed by atoms with Gasteiger partial charge in [0.05, 0.1) is 12.1 Å². The van der Waals surface area contributed by atoms with Crippen LogP contribution in [0.15, 0.2) is 90.0 Å². The lowest BCUT2D eigenvalue weighted by Gasteiger charge is -2.08. The van der Waals surface area contributed by atoms with E-state index in [4.69, 9.17) is 4.74 Å². The van der Waals surface area contributed by atoms with Crippen LogP contribution in [0.25, 0.3) is 0 Å². The van der Waals surface area contributed by atoms with Crippen molar-refractivity contribution in [2.24, 2.45) is 5.10 Å². The Morgan fingerprint density at radius 1 is 0.852 bits per heavy atom. The van der Waals surface area contributed by atoms with Gasteiger partial charge in [0, 0.05) is 0 Å². The molecule has 0 aliphatic rings. The quantitative estimate of drug-likeness (QED) is 0.504. The molecule has 4 heteroatoms. The molecular formula is C23H22N2O2. The molecule has 3 aromatic carbocycles. The summed E-state index contributed by atoms with van der Waals surface area (Å²) >= 11 is 0. The molecule has 0 saturated heterocycles. The minimum absolute atomic E-state index is 0.136. The first kappa shape index (κ1) is 18.4. The van der Waals surface area contributed by atoms with Crippen LogP contribution in [0, 0.1) is 0 Å². The first-order chi connectivity index (χ1) is 13.2. The second-order valence-corrected chi connectivity index (χ2v) is 6.19. The zero-order valence-electron chi connectivity index (χ0n) is 15.3. The van der Waals surface area contributed by atoms with Crippen molar-refractivity contribution in [2.45, 2.75) is 20.0 Å². The molecule has 0 unspecified atom stereocenters. The zero-order chi connectivity index (χ0) is 18.9. The molecule has 1 N–H and O–H groups in total. The fourth-order valence-electron chi connectivity index (χ4n) is 2.56. The Hall–Kier alpha value is -3.40. The molecule has 0 aliphatic heterocycles. The number of hydrogen-bond acceptors (Lipinski definition) is 3. The minimum atomic E-state index is -0.136. The van der Waals surface area contributed by atoms with Crippen LogP contribution in [0.1, 0.15) is 23.6 Å². The van der Waals surface area contributed by atoms with E-state index in [0.717, 1.165) is 28.2 Å². The lowest BCUT2D eigenvalue weighted by atomic mass is 10.1. The molecule has 0 aromatic heterocycles. The maximum Gasteiger partial charge on any atom is 0.244 e. The van der Waals surface area contributed by atoms with Crippen molar-refractivity contribution in [2.75, 3.05) is 0 Å². The Morgan fingerprint density at radius 2 is 1.44 bits per heavy atom. The van der Waals surface area contributed by atoms with Crippen molar-refractivity contribution in [1.29, 1.82) is 0 Å². The number of carbonyl (C=O) groups excluding carboxylic acids is 1. The van der Waals surface area contributed by atoms with Gasteiger partial charge in [0.25, 0.3) is 0 Å². The van der Waals surface area contributed by atoms with E-state index in [1.54, 1.807) is 0 Å². The summed E-state index contributed by atoms with van der Waals surface area (Å²) in [5.74, 6) is 0.659. The molecular weight excluding hydrogens is 336 g/mol. The first-order valence-corrected chi connectivity index (χ1v) is 8.85. The van der Waals surface area contributed by atoms with Gasteiger partial charge in [-0.25, -0.2) is 5.43 Å². The highest BCUT2D eigenvalue weighted by Crippen LogP contribution is 2.14. The molecule has 0 heterocycles. The third-order valence-electron chi connectivity index (χ3n) is 4.08. The average molecular weight is 358 g/mol. The third kappa shape index (κ3) is 5.82. The molecule has 27 heavy (non-hydrogen) atoms. The largest absolute Gasteiger partial charge is 0.489 e. The Bertz CT molecular complexity index is 889. The summed E-state index contributed by atoms with van der Waals surface area (Å²) in [6, 6.07) is 27.3. The summed E-state index contributed by atoms with van der Waals surface area (Å²) in [6.07, 6.45) is 0.309. The fourth-order valence-corrected chi connectivity index (χ4v) is 2.56. The molecule has 0 aliphatic carbocycles. The van der Waals surface area contributed by atoms with Gasteiger partial charge in [0.2, 0.25) is 5.91 Å². The molecule has 136 valence electrons. The second kappa shape index (κ2) is 9.34. The molecule has 3 aromatic rings. The molecule has 0 fully saturated rings. The van der Waals surface area contributed by atoms with Crippen LogP contribution in [0.5, 0.6) is 5.75 Å². The molecule has 0 saturated carbocycles. The summed E-state index contributed by atoms with van der Waals surface area (Å²) < 4.78 is 5.78. The van der Waals surface area contributed by atoms with Gasteiger partial charge in [-0.1, -0.05) is 60.7 Å². The second-order valence-electron chi connectivity index (χ2n) is 6.19. The number of hydrogen-bond donors (Lipinski definition) is 1.